The molecule has 0 radical (unpaired) electrons. The third kappa shape index (κ3) is 5.49. The van der Waals surface area contributed by atoms with Gasteiger partial charge in [-0.05, 0) is 42.0 Å². The van der Waals surface area contributed by atoms with Crippen molar-refractivity contribution in [1.29, 1.82) is 5.26 Å². The Morgan fingerprint density at radius 1 is 1.23 bits per heavy atom. The van der Waals surface area contributed by atoms with E-state index >= 15 is 0 Å². The minimum Gasteiger partial charge on any atom is -0.465 e. The Morgan fingerprint density at radius 2 is 1.90 bits per heavy atom. The molecule has 0 spiro atoms. The highest BCUT2D eigenvalue weighted by Crippen LogP contribution is 2.36. The van der Waals surface area contributed by atoms with Gasteiger partial charge >= 0.3 is 5.97 Å². The molecule has 2 aromatic carbocycles. The summed E-state index contributed by atoms with van der Waals surface area (Å²) in [5.74, 6) is -2.07. The molecule has 0 saturated heterocycles. The summed E-state index contributed by atoms with van der Waals surface area (Å²) in [6.45, 7) is 0. The smallest absolute Gasteiger partial charge is 0.337 e. The zero-order valence-electron chi connectivity index (χ0n) is 16.5. The summed E-state index contributed by atoms with van der Waals surface area (Å²) in [4.78, 5) is 36.1. The SMILES string of the molecule is COC(=O)c1ccc([C@H]2CC(=O)NC(SCC(=O)Nc3ccc(F)cc3)=C2C#N)cc1. The molecule has 1 heterocycles. The molecule has 1 atom stereocenters. The maximum absolute atomic E-state index is 13.0. The normalized spacial score (nSPS) is 15.6. The van der Waals surface area contributed by atoms with Crippen LogP contribution in [0.4, 0.5) is 10.1 Å². The van der Waals surface area contributed by atoms with Gasteiger partial charge < -0.3 is 15.4 Å². The number of anilines is 1. The van der Waals surface area contributed by atoms with Crippen molar-refractivity contribution in [2.75, 3.05) is 18.2 Å². The molecule has 0 fully saturated rings. The Labute approximate surface area is 182 Å². The highest BCUT2D eigenvalue weighted by molar-refractivity contribution is 8.03. The van der Waals surface area contributed by atoms with Crippen LogP contribution >= 0.6 is 11.8 Å². The second-order valence-electron chi connectivity index (χ2n) is 6.62. The number of carbonyl (C=O) groups is 3. The van der Waals surface area contributed by atoms with Crippen molar-refractivity contribution in [3.05, 3.63) is 76.1 Å². The van der Waals surface area contributed by atoms with E-state index in [1.165, 1.54) is 31.4 Å². The quantitative estimate of drug-likeness (QED) is 0.669. The number of hydrogen-bond acceptors (Lipinski definition) is 6. The summed E-state index contributed by atoms with van der Waals surface area (Å²) in [5.41, 5.74) is 1.84. The number of thioether (sulfide) groups is 1. The monoisotopic (exact) mass is 439 g/mol. The lowest BCUT2D eigenvalue weighted by atomic mass is 9.87. The number of hydrogen-bond donors (Lipinski definition) is 2. The number of ether oxygens (including phenoxy) is 1. The predicted octanol–water partition coefficient (Wildman–Crippen LogP) is 3.32. The van der Waals surface area contributed by atoms with Crippen LogP contribution in [0.1, 0.15) is 28.3 Å². The van der Waals surface area contributed by atoms with E-state index in [2.05, 4.69) is 21.4 Å². The van der Waals surface area contributed by atoms with Crippen LogP contribution < -0.4 is 10.6 Å². The van der Waals surface area contributed by atoms with Gasteiger partial charge in [-0.1, -0.05) is 23.9 Å². The van der Waals surface area contributed by atoms with Gasteiger partial charge in [0.2, 0.25) is 11.8 Å². The van der Waals surface area contributed by atoms with E-state index < -0.39 is 17.7 Å². The molecule has 31 heavy (non-hydrogen) atoms. The molecule has 1 aliphatic heterocycles. The molecule has 2 N–H and O–H groups in total. The maximum atomic E-state index is 13.0. The van der Waals surface area contributed by atoms with Crippen LogP contribution in [-0.4, -0.2) is 30.6 Å². The lowest BCUT2D eigenvalue weighted by Gasteiger charge is -2.25. The summed E-state index contributed by atoms with van der Waals surface area (Å²) in [6.07, 6.45) is 0.0757. The Bertz CT molecular complexity index is 1080. The topological polar surface area (TPSA) is 108 Å². The van der Waals surface area contributed by atoms with Gasteiger partial charge in [0.05, 0.1) is 35.1 Å². The van der Waals surface area contributed by atoms with Gasteiger partial charge in [0.1, 0.15) is 5.82 Å². The van der Waals surface area contributed by atoms with Crippen LogP contribution in [0.25, 0.3) is 0 Å². The molecule has 3 rings (SSSR count). The van der Waals surface area contributed by atoms with Crippen molar-refractivity contribution in [3.8, 4) is 6.07 Å². The van der Waals surface area contributed by atoms with E-state index in [0.717, 1.165) is 11.8 Å². The largest absolute Gasteiger partial charge is 0.465 e. The van der Waals surface area contributed by atoms with Crippen LogP contribution in [0.5, 0.6) is 0 Å². The summed E-state index contributed by atoms with van der Waals surface area (Å²) in [7, 11) is 1.29. The van der Waals surface area contributed by atoms with Gasteiger partial charge in [-0.2, -0.15) is 5.26 Å². The van der Waals surface area contributed by atoms with Gasteiger partial charge in [0.25, 0.3) is 0 Å². The molecule has 1 aliphatic rings. The van der Waals surface area contributed by atoms with Crippen molar-refractivity contribution in [3.63, 3.8) is 0 Å². The first kappa shape index (κ1) is 22.1. The molecule has 0 aromatic heterocycles. The number of methoxy groups -OCH3 is 1. The molecule has 0 aliphatic carbocycles. The molecule has 0 unspecified atom stereocenters. The van der Waals surface area contributed by atoms with Gasteiger partial charge in [0.15, 0.2) is 0 Å². The second kappa shape index (κ2) is 9.91. The summed E-state index contributed by atoms with van der Waals surface area (Å²) in [6, 6.07) is 14.0. The minimum atomic E-state index is -0.492. The Morgan fingerprint density at radius 3 is 2.52 bits per heavy atom. The summed E-state index contributed by atoms with van der Waals surface area (Å²) >= 11 is 1.04. The third-order valence-corrected chi connectivity index (χ3v) is 5.58. The molecule has 9 heteroatoms. The Kier molecular flexibility index (Phi) is 7.05. The zero-order chi connectivity index (χ0) is 22.4. The van der Waals surface area contributed by atoms with E-state index in [0.29, 0.717) is 27.4 Å². The standard InChI is InChI=1S/C22H18FN3O4S/c1-30-22(29)14-4-2-13(3-5-14)17-10-19(27)26-21(18(17)11-24)31-12-20(28)25-16-8-6-15(23)7-9-16/h2-9,17H,10,12H2,1H3,(H,25,28)(H,26,27)/t17-/m1/s1. The first-order chi connectivity index (χ1) is 14.9. The summed E-state index contributed by atoms with van der Waals surface area (Å²) < 4.78 is 17.6. The van der Waals surface area contributed by atoms with Crippen LogP contribution in [0.15, 0.2) is 59.1 Å². The number of nitrogens with one attached hydrogen (secondary N) is 2. The fourth-order valence-corrected chi connectivity index (χ4v) is 3.93. The molecule has 2 aromatic rings. The lowest BCUT2D eigenvalue weighted by Crippen LogP contribution is -2.31. The van der Waals surface area contributed by atoms with Crippen molar-refractivity contribution >= 4 is 35.2 Å². The average Bonchev–Trinajstić information content (AvgIpc) is 2.78. The Balaban J connectivity index is 1.74. The van der Waals surface area contributed by atoms with Crippen LogP contribution in [0, 0.1) is 17.1 Å². The molecular weight excluding hydrogens is 421 g/mol. The number of esters is 1. The fourth-order valence-electron chi connectivity index (χ4n) is 3.06. The highest BCUT2D eigenvalue weighted by atomic mass is 32.2. The van der Waals surface area contributed by atoms with E-state index in [-0.39, 0.29) is 24.0 Å². The summed E-state index contributed by atoms with van der Waals surface area (Å²) in [5, 5.41) is 15.3. The molecule has 0 saturated carbocycles. The van der Waals surface area contributed by atoms with Crippen molar-refractivity contribution < 1.29 is 23.5 Å². The molecule has 158 valence electrons. The van der Waals surface area contributed by atoms with E-state index in [1.807, 2.05) is 0 Å². The zero-order valence-corrected chi connectivity index (χ0v) is 17.3. The molecular formula is C22H18FN3O4S. The van der Waals surface area contributed by atoms with Gasteiger partial charge in [0, 0.05) is 18.0 Å². The lowest BCUT2D eigenvalue weighted by molar-refractivity contribution is -0.121. The molecule has 2 amide bonds. The highest BCUT2D eigenvalue weighted by Gasteiger charge is 2.30. The first-order valence-electron chi connectivity index (χ1n) is 9.22. The minimum absolute atomic E-state index is 0.0494. The second-order valence-corrected chi connectivity index (χ2v) is 7.60. The predicted molar refractivity (Wildman–Crippen MR) is 113 cm³/mol. The number of rotatable bonds is 6. The number of amides is 2. The number of halogens is 1. The number of carbonyl (C=O) groups excluding carboxylic acids is 3. The van der Waals surface area contributed by atoms with Gasteiger partial charge in [-0.15, -0.1) is 0 Å². The number of allylic oxidation sites excluding steroid dienone is 1. The first-order valence-corrected chi connectivity index (χ1v) is 10.2. The number of nitriles is 1. The molecule has 7 nitrogen and oxygen atoms in total. The maximum Gasteiger partial charge on any atom is 0.337 e. The van der Waals surface area contributed by atoms with Crippen molar-refractivity contribution in [2.24, 2.45) is 0 Å². The van der Waals surface area contributed by atoms with Crippen molar-refractivity contribution in [1.82, 2.24) is 5.32 Å². The van der Waals surface area contributed by atoms with Gasteiger partial charge in [-0.25, -0.2) is 9.18 Å². The third-order valence-electron chi connectivity index (χ3n) is 4.57. The Hall–Kier alpha value is -3.64. The van der Waals surface area contributed by atoms with E-state index in [1.54, 1.807) is 24.3 Å². The van der Waals surface area contributed by atoms with Crippen LogP contribution in [0.3, 0.4) is 0 Å². The van der Waals surface area contributed by atoms with Crippen LogP contribution in [-0.2, 0) is 14.3 Å². The van der Waals surface area contributed by atoms with Gasteiger partial charge in [-0.3, -0.25) is 9.59 Å². The fraction of sp³-hybridized carbons (Fsp3) is 0.182. The van der Waals surface area contributed by atoms with E-state index in [9.17, 15) is 24.0 Å². The molecule has 0 bridgehead atoms. The van der Waals surface area contributed by atoms with E-state index in [4.69, 9.17) is 0 Å². The average molecular weight is 439 g/mol. The number of benzene rings is 2. The van der Waals surface area contributed by atoms with Crippen LogP contribution in [0.2, 0.25) is 0 Å². The van der Waals surface area contributed by atoms with Crippen molar-refractivity contribution in [2.45, 2.75) is 12.3 Å². The number of nitrogens with zero attached hydrogens (tertiary/aromatic N) is 1.